The van der Waals surface area contributed by atoms with Crippen molar-refractivity contribution in [2.24, 2.45) is 0 Å². The predicted octanol–water partition coefficient (Wildman–Crippen LogP) is 1.75. The molecule has 120 valence electrons. The first-order chi connectivity index (χ1) is 10.5. The third-order valence-corrected chi connectivity index (χ3v) is 3.21. The number of hydrazine groups is 1. The number of ether oxygens (including phenoxy) is 2. The largest absolute Gasteiger partial charge is 0.493 e. The van der Waals surface area contributed by atoms with Gasteiger partial charge in [0.05, 0.1) is 13.2 Å². The molecule has 0 aliphatic heterocycles. The van der Waals surface area contributed by atoms with Gasteiger partial charge in [0.25, 0.3) is 5.91 Å². The Kier molecular flexibility index (Phi) is 5.43. The van der Waals surface area contributed by atoms with Gasteiger partial charge in [-0.05, 0) is 57.1 Å². The summed E-state index contributed by atoms with van der Waals surface area (Å²) in [6.07, 6.45) is 2.26. The molecule has 0 aromatic heterocycles. The highest BCUT2D eigenvalue weighted by atomic mass is 32.1. The highest BCUT2D eigenvalue weighted by Crippen LogP contribution is 2.28. The molecule has 0 atom stereocenters. The van der Waals surface area contributed by atoms with E-state index in [1.54, 1.807) is 18.2 Å². The van der Waals surface area contributed by atoms with E-state index in [1.165, 1.54) is 7.11 Å². The Morgan fingerprint density at radius 1 is 1.27 bits per heavy atom. The lowest BCUT2D eigenvalue weighted by Gasteiger charge is -2.15. The van der Waals surface area contributed by atoms with E-state index in [0.29, 0.717) is 28.2 Å². The number of hydrogen-bond donors (Lipinski definition) is 3. The zero-order chi connectivity index (χ0) is 16.1. The Morgan fingerprint density at radius 3 is 2.59 bits per heavy atom. The molecule has 6 nitrogen and oxygen atoms in total. The number of carbonyl (C=O) groups is 1. The number of carbonyl (C=O) groups excluding carboxylic acids is 1. The Hall–Kier alpha value is -2.02. The molecule has 2 rings (SSSR count). The van der Waals surface area contributed by atoms with Crippen LogP contribution in [0.15, 0.2) is 18.2 Å². The fourth-order valence-electron chi connectivity index (χ4n) is 1.79. The first kappa shape index (κ1) is 16.4. The van der Waals surface area contributed by atoms with Crippen LogP contribution in [0.4, 0.5) is 0 Å². The number of benzene rings is 1. The van der Waals surface area contributed by atoms with Crippen LogP contribution in [0.5, 0.6) is 11.5 Å². The zero-order valence-corrected chi connectivity index (χ0v) is 13.8. The van der Waals surface area contributed by atoms with Gasteiger partial charge in [0, 0.05) is 11.6 Å². The number of rotatable bonds is 5. The van der Waals surface area contributed by atoms with E-state index in [-0.39, 0.29) is 12.0 Å². The summed E-state index contributed by atoms with van der Waals surface area (Å²) in [6.45, 7) is 3.86. The average Bonchev–Trinajstić information content (AvgIpc) is 3.28. The number of hydrogen-bond acceptors (Lipinski definition) is 4. The van der Waals surface area contributed by atoms with Crippen molar-refractivity contribution in [3.05, 3.63) is 23.8 Å². The lowest BCUT2D eigenvalue weighted by molar-refractivity contribution is 0.0943. The molecule has 0 radical (unpaired) electrons. The lowest BCUT2D eigenvalue weighted by Crippen LogP contribution is -2.47. The molecule has 1 aromatic carbocycles. The van der Waals surface area contributed by atoms with Crippen LogP contribution >= 0.6 is 12.2 Å². The van der Waals surface area contributed by atoms with Crippen molar-refractivity contribution < 1.29 is 14.3 Å². The van der Waals surface area contributed by atoms with E-state index >= 15 is 0 Å². The fraction of sp³-hybridized carbons (Fsp3) is 0.467. The summed E-state index contributed by atoms with van der Waals surface area (Å²) in [4.78, 5) is 12.1. The molecular weight excluding hydrogens is 302 g/mol. The molecule has 22 heavy (non-hydrogen) atoms. The van der Waals surface area contributed by atoms with Crippen LogP contribution in [-0.4, -0.2) is 30.3 Å². The van der Waals surface area contributed by atoms with Gasteiger partial charge in [-0.25, -0.2) is 0 Å². The zero-order valence-electron chi connectivity index (χ0n) is 12.9. The summed E-state index contributed by atoms with van der Waals surface area (Å²) < 4.78 is 10.9. The molecule has 0 heterocycles. The van der Waals surface area contributed by atoms with Crippen LogP contribution in [-0.2, 0) is 0 Å². The normalized spacial score (nSPS) is 13.5. The van der Waals surface area contributed by atoms with Crippen molar-refractivity contribution in [1.29, 1.82) is 0 Å². The summed E-state index contributed by atoms with van der Waals surface area (Å²) in [7, 11) is 1.54. The van der Waals surface area contributed by atoms with Crippen molar-refractivity contribution >= 4 is 23.2 Å². The number of amides is 1. The molecule has 0 spiro atoms. The predicted molar refractivity (Wildman–Crippen MR) is 88.1 cm³/mol. The Balaban J connectivity index is 1.95. The van der Waals surface area contributed by atoms with E-state index in [1.807, 2.05) is 13.8 Å². The van der Waals surface area contributed by atoms with Gasteiger partial charge < -0.3 is 14.8 Å². The minimum Gasteiger partial charge on any atom is -0.493 e. The summed E-state index contributed by atoms with van der Waals surface area (Å²) in [6, 6.07) is 5.46. The highest BCUT2D eigenvalue weighted by Gasteiger charge is 2.21. The Morgan fingerprint density at radius 2 is 2.00 bits per heavy atom. The molecule has 0 unspecified atom stereocenters. The van der Waals surface area contributed by atoms with E-state index in [0.717, 1.165) is 12.8 Å². The van der Waals surface area contributed by atoms with Crippen molar-refractivity contribution in [3.63, 3.8) is 0 Å². The van der Waals surface area contributed by atoms with Crippen LogP contribution in [0.2, 0.25) is 0 Å². The quantitative estimate of drug-likeness (QED) is 0.566. The molecule has 0 bridgehead atoms. The third-order valence-electron chi connectivity index (χ3n) is 2.99. The Labute approximate surface area is 135 Å². The van der Waals surface area contributed by atoms with Gasteiger partial charge in [-0.3, -0.25) is 15.6 Å². The minimum atomic E-state index is -0.297. The second-order valence-corrected chi connectivity index (χ2v) is 5.77. The van der Waals surface area contributed by atoms with Crippen LogP contribution in [0.3, 0.4) is 0 Å². The summed E-state index contributed by atoms with van der Waals surface area (Å²) in [5.74, 6) is 0.822. The van der Waals surface area contributed by atoms with Gasteiger partial charge in [0.15, 0.2) is 16.6 Å². The van der Waals surface area contributed by atoms with E-state index in [9.17, 15) is 4.79 Å². The molecule has 1 aliphatic rings. The van der Waals surface area contributed by atoms with Gasteiger partial charge in [-0.1, -0.05) is 0 Å². The lowest BCUT2D eigenvalue weighted by atomic mass is 10.2. The highest BCUT2D eigenvalue weighted by molar-refractivity contribution is 7.80. The molecule has 1 saturated carbocycles. The van der Waals surface area contributed by atoms with Gasteiger partial charge in [-0.15, -0.1) is 0 Å². The molecular formula is C15H21N3O3S. The molecule has 7 heteroatoms. The molecule has 0 saturated heterocycles. The van der Waals surface area contributed by atoms with Crippen molar-refractivity contribution in [2.45, 2.75) is 38.8 Å². The molecule has 3 N–H and O–H groups in total. The van der Waals surface area contributed by atoms with Crippen LogP contribution < -0.4 is 25.6 Å². The Bertz CT molecular complexity index is 559. The van der Waals surface area contributed by atoms with Crippen LogP contribution in [0, 0.1) is 0 Å². The third kappa shape index (κ3) is 4.77. The number of nitrogens with one attached hydrogen (secondary N) is 3. The summed E-state index contributed by atoms with van der Waals surface area (Å²) >= 11 is 5.07. The standard InChI is InChI=1S/C15H21N3O3S/c1-9(2)21-12-7-4-10(8-13(12)20-3)14(19)17-18-15(22)16-11-5-6-11/h4,7-9,11H,5-6H2,1-3H3,(H,17,19)(H2,16,18,22). The van der Waals surface area contributed by atoms with Gasteiger partial charge in [0.1, 0.15) is 0 Å². The number of methoxy groups -OCH3 is 1. The second-order valence-electron chi connectivity index (χ2n) is 5.36. The molecule has 1 amide bonds. The SMILES string of the molecule is COc1cc(C(=O)NNC(=S)NC2CC2)ccc1OC(C)C. The number of thiocarbonyl (C=S) groups is 1. The summed E-state index contributed by atoms with van der Waals surface area (Å²) in [5.41, 5.74) is 5.69. The van der Waals surface area contributed by atoms with Gasteiger partial charge in [-0.2, -0.15) is 0 Å². The maximum Gasteiger partial charge on any atom is 0.269 e. The monoisotopic (exact) mass is 323 g/mol. The second kappa shape index (κ2) is 7.31. The van der Waals surface area contributed by atoms with Crippen molar-refractivity contribution in [1.82, 2.24) is 16.2 Å². The van der Waals surface area contributed by atoms with E-state index in [2.05, 4.69) is 16.2 Å². The van der Waals surface area contributed by atoms with Gasteiger partial charge in [0.2, 0.25) is 0 Å². The van der Waals surface area contributed by atoms with Crippen molar-refractivity contribution in [3.8, 4) is 11.5 Å². The minimum absolute atomic E-state index is 0.0288. The summed E-state index contributed by atoms with van der Waals surface area (Å²) in [5, 5.41) is 3.49. The smallest absolute Gasteiger partial charge is 0.269 e. The van der Waals surface area contributed by atoms with Gasteiger partial charge >= 0.3 is 0 Å². The van der Waals surface area contributed by atoms with E-state index < -0.39 is 0 Å². The topological polar surface area (TPSA) is 71.6 Å². The molecule has 1 fully saturated rings. The fourth-order valence-corrected chi connectivity index (χ4v) is 2.01. The van der Waals surface area contributed by atoms with Crippen molar-refractivity contribution in [2.75, 3.05) is 7.11 Å². The maximum absolute atomic E-state index is 12.1. The van der Waals surface area contributed by atoms with E-state index in [4.69, 9.17) is 21.7 Å². The first-order valence-electron chi connectivity index (χ1n) is 7.21. The van der Waals surface area contributed by atoms with Crippen LogP contribution in [0.25, 0.3) is 0 Å². The van der Waals surface area contributed by atoms with Crippen LogP contribution in [0.1, 0.15) is 37.0 Å². The average molecular weight is 323 g/mol. The maximum atomic E-state index is 12.1. The molecule has 1 aromatic rings. The molecule has 1 aliphatic carbocycles. The first-order valence-corrected chi connectivity index (χ1v) is 7.62.